The number of benzene rings is 2. The van der Waals surface area contributed by atoms with Crippen LogP contribution in [0.3, 0.4) is 0 Å². The number of anilines is 1. The van der Waals surface area contributed by atoms with E-state index in [-0.39, 0.29) is 23.3 Å². The summed E-state index contributed by atoms with van der Waals surface area (Å²) in [6.45, 7) is 0.807. The molecule has 2 aromatic rings. The van der Waals surface area contributed by atoms with Gasteiger partial charge in [0.25, 0.3) is 5.91 Å². The second-order valence-electron chi connectivity index (χ2n) is 6.60. The van der Waals surface area contributed by atoms with Crippen molar-refractivity contribution in [2.45, 2.75) is 12.8 Å². The topological polar surface area (TPSA) is 67.9 Å². The second kappa shape index (κ2) is 8.73. The van der Waals surface area contributed by atoms with Crippen molar-refractivity contribution in [3.05, 3.63) is 53.8 Å². The number of ether oxygens (including phenoxy) is 2. The molecule has 28 heavy (non-hydrogen) atoms. The minimum absolute atomic E-state index is 0.0616. The van der Waals surface area contributed by atoms with Crippen LogP contribution in [0.5, 0.6) is 11.5 Å². The van der Waals surface area contributed by atoms with E-state index < -0.39 is 5.82 Å². The van der Waals surface area contributed by atoms with Crippen LogP contribution < -0.4 is 14.8 Å². The molecule has 0 saturated carbocycles. The Kier molecular flexibility index (Phi) is 6.13. The van der Waals surface area contributed by atoms with Crippen LogP contribution in [0.4, 0.5) is 10.1 Å². The fraction of sp³-hybridized carbons (Fsp3) is 0.333. The largest absolute Gasteiger partial charge is 0.497 e. The van der Waals surface area contributed by atoms with Crippen LogP contribution in [0.15, 0.2) is 42.5 Å². The molecular formula is C21H23FN2O4. The van der Waals surface area contributed by atoms with Gasteiger partial charge in [-0.2, -0.15) is 0 Å². The van der Waals surface area contributed by atoms with E-state index in [4.69, 9.17) is 9.47 Å². The fourth-order valence-electron chi connectivity index (χ4n) is 3.30. The smallest absolute Gasteiger partial charge is 0.256 e. The summed E-state index contributed by atoms with van der Waals surface area (Å²) in [6.07, 6.45) is 1.02. The Bertz CT molecular complexity index is 863. The molecule has 1 aliphatic heterocycles. The third-order valence-corrected chi connectivity index (χ3v) is 4.92. The van der Waals surface area contributed by atoms with Crippen molar-refractivity contribution in [1.82, 2.24) is 4.90 Å². The fourth-order valence-corrected chi connectivity index (χ4v) is 3.30. The molecular weight excluding hydrogens is 363 g/mol. The molecule has 3 rings (SSSR count). The first-order valence-corrected chi connectivity index (χ1v) is 9.10. The number of rotatable bonds is 5. The van der Waals surface area contributed by atoms with Gasteiger partial charge in [-0.3, -0.25) is 9.59 Å². The first-order chi connectivity index (χ1) is 13.5. The van der Waals surface area contributed by atoms with E-state index in [1.807, 2.05) is 0 Å². The Hall–Kier alpha value is -3.09. The maximum absolute atomic E-state index is 13.8. The van der Waals surface area contributed by atoms with Crippen LogP contribution in [-0.4, -0.2) is 44.0 Å². The number of nitrogens with one attached hydrogen (secondary N) is 1. The summed E-state index contributed by atoms with van der Waals surface area (Å²) in [5.74, 6) is -0.0863. The van der Waals surface area contributed by atoms with Crippen LogP contribution in [0.2, 0.25) is 0 Å². The first-order valence-electron chi connectivity index (χ1n) is 9.10. The third-order valence-electron chi connectivity index (χ3n) is 4.92. The highest BCUT2D eigenvalue weighted by molar-refractivity contribution is 5.96. The highest BCUT2D eigenvalue weighted by atomic mass is 19.1. The number of amides is 2. The van der Waals surface area contributed by atoms with Gasteiger partial charge in [0, 0.05) is 25.1 Å². The van der Waals surface area contributed by atoms with Gasteiger partial charge in [-0.05, 0) is 37.1 Å². The number of carbonyl (C=O) groups is 2. The summed E-state index contributed by atoms with van der Waals surface area (Å²) in [4.78, 5) is 26.8. The Balaban J connectivity index is 1.61. The number of nitrogens with zero attached hydrogens (tertiary/aromatic N) is 1. The molecule has 2 aromatic carbocycles. The van der Waals surface area contributed by atoms with E-state index in [1.165, 1.54) is 19.2 Å². The normalized spacial score (nSPS) is 14.5. The summed E-state index contributed by atoms with van der Waals surface area (Å²) in [5, 5.41) is 2.88. The molecule has 0 unspecified atom stereocenters. The average Bonchev–Trinajstić information content (AvgIpc) is 2.73. The zero-order chi connectivity index (χ0) is 20.1. The van der Waals surface area contributed by atoms with Gasteiger partial charge in [0.05, 0.1) is 25.5 Å². The number of hydrogen-bond donors (Lipinski definition) is 1. The number of hydrogen-bond acceptors (Lipinski definition) is 4. The van der Waals surface area contributed by atoms with Crippen LogP contribution in [0.1, 0.15) is 23.2 Å². The summed E-state index contributed by atoms with van der Waals surface area (Å²) >= 11 is 0. The van der Waals surface area contributed by atoms with Gasteiger partial charge in [-0.15, -0.1) is 0 Å². The Morgan fingerprint density at radius 3 is 2.43 bits per heavy atom. The van der Waals surface area contributed by atoms with Crippen LogP contribution >= 0.6 is 0 Å². The lowest BCUT2D eigenvalue weighted by Crippen LogP contribution is -2.41. The molecule has 6 nitrogen and oxygen atoms in total. The highest BCUT2D eigenvalue weighted by Gasteiger charge is 2.29. The Morgan fingerprint density at radius 2 is 1.79 bits per heavy atom. The monoisotopic (exact) mass is 386 g/mol. The number of likely N-dealkylation sites (tertiary alicyclic amines) is 1. The molecule has 1 N–H and O–H groups in total. The SMILES string of the molecule is COc1ccc(OC)c(NC(=O)C2CCN(C(=O)c3ccccc3F)CC2)c1. The standard InChI is InChI=1S/C21H23FN2O4/c1-27-15-7-8-19(28-2)18(13-15)23-20(25)14-9-11-24(12-10-14)21(26)16-5-3-4-6-17(16)22/h3-8,13-14H,9-12H2,1-2H3,(H,23,25). The number of piperidine rings is 1. The third kappa shape index (κ3) is 4.24. The van der Waals surface area contributed by atoms with Gasteiger partial charge in [-0.1, -0.05) is 12.1 Å². The number of methoxy groups -OCH3 is 2. The molecule has 1 aliphatic rings. The molecule has 1 heterocycles. The minimum atomic E-state index is -0.530. The van der Waals surface area contributed by atoms with Gasteiger partial charge in [0.15, 0.2) is 0 Å². The van der Waals surface area contributed by atoms with Gasteiger partial charge in [-0.25, -0.2) is 4.39 Å². The minimum Gasteiger partial charge on any atom is -0.497 e. The van der Waals surface area contributed by atoms with E-state index in [2.05, 4.69) is 5.32 Å². The number of carbonyl (C=O) groups excluding carboxylic acids is 2. The van der Waals surface area contributed by atoms with Crippen molar-refractivity contribution in [3.63, 3.8) is 0 Å². The van der Waals surface area contributed by atoms with Crippen molar-refractivity contribution >= 4 is 17.5 Å². The van der Waals surface area contributed by atoms with Crippen molar-refractivity contribution in [1.29, 1.82) is 0 Å². The Morgan fingerprint density at radius 1 is 1.07 bits per heavy atom. The van der Waals surface area contributed by atoms with Crippen LogP contribution in [0, 0.1) is 11.7 Å². The molecule has 2 amide bonds. The zero-order valence-electron chi connectivity index (χ0n) is 15.9. The van der Waals surface area contributed by atoms with Gasteiger partial charge in [0.2, 0.25) is 5.91 Å². The zero-order valence-corrected chi connectivity index (χ0v) is 15.9. The summed E-state index contributed by atoms with van der Waals surface area (Å²) in [7, 11) is 3.08. The molecule has 1 fully saturated rings. The van der Waals surface area contributed by atoms with E-state index in [0.717, 1.165) is 0 Å². The molecule has 7 heteroatoms. The van der Waals surface area contributed by atoms with Crippen molar-refractivity contribution in [2.75, 3.05) is 32.6 Å². The number of halogens is 1. The molecule has 0 atom stereocenters. The maximum atomic E-state index is 13.8. The van der Waals surface area contributed by atoms with Crippen LogP contribution in [-0.2, 0) is 4.79 Å². The quantitative estimate of drug-likeness (QED) is 0.856. The van der Waals surface area contributed by atoms with Crippen molar-refractivity contribution < 1.29 is 23.5 Å². The van der Waals surface area contributed by atoms with E-state index >= 15 is 0 Å². The lowest BCUT2D eigenvalue weighted by Gasteiger charge is -2.31. The molecule has 0 bridgehead atoms. The predicted octanol–water partition coefficient (Wildman–Crippen LogP) is 3.33. The highest BCUT2D eigenvalue weighted by Crippen LogP contribution is 2.30. The van der Waals surface area contributed by atoms with Crippen LogP contribution in [0.25, 0.3) is 0 Å². The van der Waals surface area contributed by atoms with E-state index in [1.54, 1.807) is 42.3 Å². The molecule has 0 radical (unpaired) electrons. The molecule has 1 saturated heterocycles. The lowest BCUT2D eigenvalue weighted by molar-refractivity contribution is -0.121. The molecule has 0 aromatic heterocycles. The summed E-state index contributed by atoms with van der Waals surface area (Å²) in [5.41, 5.74) is 0.600. The van der Waals surface area contributed by atoms with E-state index in [9.17, 15) is 14.0 Å². The summed E-state index contributed by atoms with van der Waals surface area (Å²) in [6, 6.07) is 11.1. The second-order valence-corrected chi connectivity index (χ2v) is 6.60. The van der Waals surface area contributed by atoms with Gasteiger partial charge >= 0.3 is 0 Å². The summed E-state index contributed by atoms with van der Waals surface area (Å²) < 4.78 is 24.3. The maximum Gasteiger partial charge on any atom is 0.256 e. The predicted molar refractivity (Wildman–Crippen MR) is 103 cm³/mol. The van der Waals surface area contributed by atoms with Crippen molar-refractivity contribution in [2.24, 2.45) is 5.92 Å². The van der Waals surface area contributed by atoms with E-state index in [0.29, 0.717) is 43.1 Å². The van der Waals surface area contributed by atoms with Crippen molar-refractivity contribution in [3.8, 4) is 11.5 Å². The molecule has 0 spiro atoms. The first kappa shape index (κ1) is 19.7. The van der Waals surface area contributed by atoms with Gasteiger partial charge in [0.1, 0.15) is 17.3 Å². The molecule has 148 valence electrons. The average molecular weight is 386 g/mol. The Labute approximate surface area is 163 Å². The lowest BCUT2D eigenvalue weighted by atomic mass is 9.95. The molecule has 0 aliphatic carbocycles. The van der Waals surface area contributed by atoms with Gasteiger partial charge < -0.3 is 19.7 Å².